The molecule has 11 heteroatoms. The van der Waals surface area contributed by atoms with Gasteiger partial charge in [0.05, 0.1) is 0 Å². The van der Waals surface area contributed by atoms with Crippen molar-refractivity contribution in [3.63, 3.8) is 0 Å². The fourth-order valence-corrected chi connectivity index (χ4v) is 4.30. The smallest absolute Gasteiger partial charge is 0.225 e. The number of piperazine rings is 1. The van der Waals surface area contributed by atoms with Crippen molar-refractivity contribution < 1.29 is 4.79 Å². The summed E-state index contributed by atoms with van der Waals surface area (Å²) in [6.07, 6.45) is 5.92. The summed E-state index contributed by atoms with van der Waals surface area (Å²) >= 11 is 0. The summed E-state index contributed by atoms with van der Waals surface area (Å²) in [5, 5.41) is 12.6. The maximum absolute atomic E-state index is 13.0. The van der Waals surface area contributed by atoms with Gasteiger partial charge in [-0.25, -0.2) is 20.5 Å². The minimum Gasteiger partial charge on any atom is -0.352 e. The van der Waals surface area contributed by atoms with Crippen molar-refractivity contribution in [2.75, 3.05) is 31.1 Å². The molecule has 4 heterocycles. The first-order valence-corrected chi connectivity index (χ1v) is 9.76. The van der Waals surface area contributed by atoms with Gasteiger partial charge in [-0.2, -0.15) is 10.6 Å². The third-order valence-corrected chi connectivity index (χ3v) is 5.92. The highest BCUT2D eigenvalue weighted by atomic mass is 16.2. The third-order valence-electron chi connectivity index (χ3n) is 5.92. The lowest BCUT2D eigenvalue weighted by Gasteiger charge is -2.38. The zero-order valence-electron chi connectivity index (χ0n) is 15.5. The van der Waals surface area contributed by atoms with E-state index in [1.165, 1.54) is 6.33 Å². The zero-order valence-corrected chi connectivity index (χ0v) is 15.5. The predicted molar refractivity (Wildman–Crippen MR) is 100 cm³/mol. The summed E-state index contributed by atoms with van der Waals surface area (Å²) in [6.45, 7) is 2.98. The van der Waals surface area contributed by atoms with Gasteiger partial charge in [-0.15, -0.1) is 10.2 Å². The molecule has 2 aromatic rings. The van der Waals surface area contributed by atoms with Gasteiger partial charge < -0.3 is 9.80 Å². The average molecular weight is 384 g/mol. The van der Waals surface area contributed by atoms with Gasteiger partial charge in [0, 0.05) is 44.2 Å². The summed E-state index contributed by atoms with van der Waals surface area (Å²) < 4.78 is 1.58. The highest BCUT2D eigenvalue weighted by molar-refractivity contribution is 5.79. The zero-order chi connectivity index (χ0) is 18.9. The summed E-state index contributed by atoms with van der Waals surface area (Å²) in [6, 6.07) is 4.58. The minimum absolute atomic E-state index is 0.115. The molecule has 3 unspecified atom stereocenters. The van der Waals surface area contributed by atoms with Crippen LogP contribution in [0.1, 0.15) is 19.3 Å². The average Bonchev–Trinajstić information content (AvgIpc) is 3.45. The number of carbonyl (C=O) groups is 1. The maximum atomic E-state index is 13.0. The van der Waals surface area contributed by atoms with Crippen molar-refractivity contribution in [2.24, 2.45) is 5.92 Å². The SMILES string of the molecule is O=C(C1CCC2NNNC2C1)N1CCN(c2ccc(-n3cncn3)nn2)CC1. The van der Waals surface area contributed by atoms with E-state index in [0.717, 1.165) is 51.3 Å². The first-order chi connectivity index (χ1) is 13.8. The van der Waals surface area contributed by atoms with Gasteiger partial charge in [0.25, 0.3) is 0 Å². The van der Waals surface area contributed by atoms with E-state index < -0.39 is 0 Å². The molecule has 3 fully saturated rings. The van der Waals surface area contributed by atoms with Crippen molar-refractivity contribution >= 4 is 11.7 Å². The molecule has 0 spiro atoms. The molecule has 2 aliphatic heterocycles. The maximum Gasteiger partial charge on any atom is 0.225 e. The predicted octanol–water partition coefficient (Wildman–Crippen LogP) is -1.14. The summed E-state index contributed by atoms with van der Waals surface area (Å²) in [5.74, 6) is 1.86. The Morgan fingerprint density at radius 2 is 1.79 bits per heavy atom. The van der Waals surface area contributed by atoms with Crippen molar-refractivity contribution in [2.45, 2.75) is 31.3 Å². The monoisotopic (exact) mass is 384 g/mol. The van der Waals surface area contributed by atoms with Crippen molar-refractivity contribution in [1.82, 2.24) is 46.2 Å². The second-order valence-corrected chi connectivity index (χ2v) is 7.54. The van der Waals surface area contributed by atoms with Gasteiger partial charge in [0.15, 0.2) is 11.6 Å². The summed E-state index contributed by atoms with van der Waals surface area (Å²) in [7, 11) is 0. The van der Waals surface area contributed by atoms with Gasteiger partial charge in [0.2, 0.25) is 5.91 Å². The fraction of sp³-hybridized carbons (Fsp3) is 0.588. The Kier molecular flexibility index (Phi) is 4.63. The van der Waals surface area contributed by atoms with E-state index in [9.17, 15) is 4.79 Å². The number of fused-ring (bicyclic) bond motifs is 1. The number of nitrogens with zero attached hydrogens (tertiary/aromatic N) is 7. The molecule has 2 aromatic heterocycles. The third kappa shape index (κ3) is 3.32. The lowest BCUT2D eigenvalue weighted by molar-refractivity contribution is -0.137. The molecule has 148 valence electrons. The lowest BCUT2D eigenvalue weighted by atomic mass is 9.82. The highest BCUT2D eigenvalue weighted by Gasteiger charge is 2.38. The molecule has 1 amide bonds. The van der Waals surface area contributed by atoms with Gasteiger partial charge in [-0.1, -0.05) is 0 Å². The topological polar surface area (TPSA) is 116 Å². The second-order valence-electron chi connectivity index (χ2n) is 7.54. The first kappa shape index (κ1) is 17.5. The summed E-state index contributed by atoms with van der Waals surface area (Å²) in [4.78, 5) is 21.1. The fourth-order valence-electron chi connectivity index (χ4n) is 4.30. The van der Waals surface area contributed by atoms with Gasteiger partial charge >= 0.3 is 0 Å². The molecule has 2 saturated heterocycles. The molecular formula is C17H24N10O. The number of anilines is 1. The van der Waals surface area contributed by atoms with Crippen LogP contribution >= 0.6 is 0 Å². The number of rotatable bonds is 3. The lowest BCUT2D eigenvalue weighted by Crippen LogP contribution is -2.52. The van der Waals surface area contributed by atoms with E-state index in [-0.39, 0.29) is 5.92 Å². The number of nitrogens with one attached hydrogen (secondary N) is 3. The Hall–Kier alpha value is -2.63. The number of amides is 1. The number of hydrogen-bond donors (Lipinski definition) is 3. The van der Waals surface area contributed by atoms with Crippen LogP contribution < -0.4 is 21.3 Å². The molecule has 0 radical (unpaired) electrons. The summed E-state index contributed by atoms with van der Waals surface area (Å²) in [5.41, 5.74) is 9.43. The quantitative estimate of drug-likeness (QED) is 0.603. The van der Waals surface area contributed by atoms with Crippen LogP contribution in [0.15, 0.2) is 24.8 Å². The number of carbonyl (C=O) groups excluding carboxylic acids is 1. The van der Waals surface area contributed by atoms with Crippen LogP contribution in [0.25, 0.3) is 5.82 Å². The standard InChI is InChI=1S/C17H24N10O/c28-17(12-1-2-13-14(9-12)21-24-20-13)26-7-5-25(6-8-26)15-3-4-16(23-22-15)27-11-18-10-19-27/h3-4,10-14,20-21,24H,1-2,5-9H2. The highest BCUT2D eigenvalue weighted by Crippen LogP contribution is 2.28. The number of hydrazine groups is 2. The molecule has 3 atom stereocenters. The van der Waals surface area contributed by atoms with Crippen molar-refractivity contribution in [1.29, 1.82) is 0 Å². The Morgan fingerprint density at radius 3 is 2.54 bits per heavy atom. The Labute approximate surface area is 162 Å². The molecule has 3 aliphatic rings. The van der Waals surface area contributed by atoms with Crippen molar-refractivity contribution in [3.8, 4) is 5.82 Å². The van der Waals surface area contributed by atoms with Crippen LogP contribution in [0.4, 0.5) is 5.82 Å². The largest absolute Gasteiger partial charge is 0.352 e. The molecule has 0 bridgehead atoms. The van der Waals surface area contributed by atoms with Gasteiger partial charge in [0.1, 0.15) is 12.7 Å². The second kappa shape index (κ2) is 7.41. The molecule has 3 N–H and O–H groups in total. The minimum atomic E-state index is 0.115. The van der Waals surface area contributed by atoms with E-state index in [1.807, 2.05) is 17.0 Å². The Balaban J connectivity index is 1.16. The normalized spacial score (nSPS) is 27.6. The van der Waals surface area contributed by atoms with Crippen LogP contribution in [-0.4, -0.2) is 74.0 Å². The first-order valence-electron chi connectivity index (χ1n) is 9.76. The molecule has 28 heavy (non-hydrogen) atoms. The number of aromatic nitrogens is 5. The Bertz CT molecular complexity index is 802. The van der Waals surface area contributed by atoms with E-state index in [2.05, 4.69) is 41.6 Å². The van der Waals surface area contributed by atoms with E-state index in [1.54, 1.807) is 11.0 Å². The molecule has 11 nitrogen and oxygen atoms in total. The molecule has 5 rings (SSSR count). The van der Waals surface area contributed by atoms with E-state index in [4.69, 9.17) is 0 Å². The van der Waals surface area contributed by atoms with E-state index in [0.29, 0.717) is 23.8 Å². The van der Waals surface area contributed by atoms with Crippen LogP contribution in [-0.2, 0) is 4.79 Å². The van der Waals surface area contributed by atoms with Crippen LogP contribution in [0.2, 0.25) is 0 Å². The Morgan fingerprint density at radius 1 is 1.00 bits per heavy atom. The van der Waals surface area contributed by atoms with Crippen LogP contribution in [0, 0.1) is 5.92 Å². The molecular weight excluding hydrogens is 360 g/mol. The van der Waals surface area contributed by atoms with Crippen molar-refractivity contribution in [3.05, 3.63) is 24.8 Å². The van der Waals surface area contributed by atoms with Crippen LogP contribution in [0.5, 0.6) is 0 Å². The van der Waals surface area contributed by atoms with Gasteiger partial charge in [-0.3, -0.25) is 4.79 Å². The van der Waals surface area contributed by atoms with Gasteiger partial charge in [-0.05, 0) is 31.4 Å². The number of hydrogen-bond acceptors (Lipinski definition) is 9. The molecule has 1 saturated carbocycles. The van der Waals surface area contributed by atoms with E-state index >= 15 is 0 Å². The molecule has 0 aromatic carbocycles. The molecule has 1 aliphatic carbocycles. The van der Waals surface area contributed by atoms with Crippen LogP contribution in [0.3, 0.4) is 0 Å².